The summed E-state index contributed by atoms with van der Waals surface area (Å²) in [4.78, 5) is 4.15. The molecule has 0 saturated carbocycles. The summed E-state index contributed by atoms with van der Waals surface area (Å²) in [6, 6.07) is 2.01. The molecule has 0 amide bonds. The molecule has 11 heavy (non-hydrogen) atoms. The van der Waals surface area contributed by atoms with Crippen LogP contribution in [0.4, 0.5) is 0 Å². The Morgan fingerprint density at radius 2 is 2.36 bits per heavy atom. The van der Waals surface area contributed by atoms with E-state index in [2.05, 4.69) is 27.8 Å². The van der Waals surface area contributed by atoms with E-state index in [1.165, 1.54) is 5.56 Å². The summed E-state index contributed by atoms with van der Waals surface area (Å²) in [7, 11) is 0. The predicted octanol–water partition coefficient (Wildman–Crippen LogP) is 2.41. The second-order valence-corrected chi connectivity index (χ2v) is 3.35. The smallest absolute Gasteiger partial charge is 0.137 e. The molecule has 0 radical (unpaired) electrons. The Bertz CT molecular complexity index is 356. The standard InChI is InChI=1S/C8H7BrN2/c1-6-5-11-3-2-10-8(11)4-7(6)9/h2-5H,1H3. The fourth-order valence-corrected chi connectivity index (χ4v) is 1.35. The third kappa shape index (κ3) is 1.05. The molecule has 0 aliphatic rings. The number of aryl methyl sites for hydroxylation is 1. The van der Waals surface area contributed by atoms with Crippen LogP contribution in [0.1, 0.15) is 5.56 Å². The molecule has 2 rings (SSSR count). The number of hydrogen-bond acceptors (Lipinski definition) is 1. The SMILES string of the molecule is Cc1cn2ccnc2cc1Br. The maximum atomic E-state index is 4.15. The molecule has 0 aromatic carbocycles. The van der Waals surface area contributed by atoms with Crippen molar-refractivity contribution in [3.05, 3.63) is 34.7 Å². The van der Waals surface area contributed by atoms with E-state index in [1.807, 2.05) is 22.9 Å². The van der Waals surface area contributed by atoms with Crippen LogP contribution < -0.4 is 0 Å². The predicted molar refractivity (Wildman–Crippen MR) is 47.6 cm³/mol. The number of hydrogen-bond donors (Lipinski definition) is 0. The molecule has 0 atom stereocenters. The first-order valence-electron chi connectivity index (χ1n) is 3.36. The molecular formula is C8H7BrN2. The maximum absolute atomic E-state index is 4.15. The molecule has 0 unspecified atom stereocenters. The fraction of sp³-hybridized carbons (Fsp3) is 0.125. The number of rotatable bonds is 0. The molecule has 0 saturated heterocycles. The summed E-state index contributed by atoms with van der Waals surface area (Å²) in [6.07, 6.45) is 5.78. The van der Waals surface area contributed by atoms with Crippen LogP contribution in [0.5, 0.6) is 0 Å². The van der Waals surface area contributed by atoms with Gasteiger partial charge >= 0.3 is 0 Å². The molecular weight excluding hydrogens is 204 g/mol. The zero-order valence-electron chi connectivity index (χ0n) is 6.08. The van der Waals surface area contributed by atoms with Crippen LogP contribution in [-0.2, 0) is 0 Å². The molecule has 3 heteroatoms. The Morgan fingerprint density at radius 3 is 3.18 bits per heavy atom. The summed E-state index contributed by atoms with van der Waals surface area (Å²) in [5.74, 6) is 0. The minimum absolute atomic E-state index is 0.975. The molecule has 0 N–H and O–H groups in total. The molecule has 0 fully saturated rings. The first kappa shape index (κ1) is 6.85. The van der Waals surface area contributed by atoms with Crippen molar-refractivity contribution in [1.82, 2.24) is 9.38 Å². The second kappa shape index (κ2) is 2.34. The topological polar surface area (TPSA) is 17.3 Å². The average Bonchev–Trinajstić information content (AvgIpc) is 2.36. The van der Waals surface area contributed by atoms with E-state index in [4.69, 9.17) is 0 Å². The van der Waals surface area contributed by atoms with E-state index in [0.29, 0.717) is 0 Å². The maximum Gasteiger partial charge on any atom is 0.137 e. The van der Waals surface area contributed by atoms with E-state index >= 15 is 0 Å². The van der Waals surface area contributed by atoms with Gasteiger partial charge in [-0.3, -0.25) is 0 Å². The number of nitrogens with zero attached hydrogens (tertiary/aromatic N) is 2. The Kier molecular flexibility index (Phi) is 1.46. The molecule has 2 aromatic rings. The van der Waals surface area contributed by atoms with Crippen molar-refractivity contribution < 1.29 is 0 Å². The average molecular weight is 211 g/mol. The lowest BCUT2D eigenvalue weighted by molar-refractivity contribution is 1.15. The van der Waals surface area contributed by atoms with Crippen molar-refractivity contribution in [1.29, 1.82) is 0 Å². The normalized spacial score (nSPS) is 10.7. The fourth-order valence-electron chi connectivity index (χ4n) is 1.04. The van der Waals surface area contributed by atoms with Crippen molar-refractivity contribution >= 4 is 21.6 Å². The lowest BCUT2D eigenvalue weighted by Gasteiger charge is -1.98. The van der Waals surface area contributed by atoms with Gasteiger partial charge in [-0.05, 0) is 18.6 Å². The minimum atomic E-state index is 0.975. The second-order valence-electron chi connectivity index (χ2n) is 2.50. The van der Waals surface area contributed by atoms with Crippen LogP contribution in [0.15, 0.2) is 29.1 Å². The van der Waals surface area contributed by atoms with Crippen LogP contribution in [0.25, 0.3) is 5.65 Å². The molecule has 0 spiro atoms. The lowest BCUT2D eigenvalue weighted by Crippen LogP contribution is -1.85. The van der Waals surface area contributed by atoms with Gasteiger partial charge in [-0.15, -0.1) is 0 Å². The monoisotopic (exact) mass is 210 g/mol. The van der Waals surface area contributed by atoms with Gasteiger partial charge in [0.2, 0.25) is 0 Å². The highest BCUT2D eigenvalue weighted by atomic mass is 79.9. The quantitative estimate of drug-likeness (QED) is 0.653. The molecule has 2 aromatic heterocycles. The molecule has 56 valence electrons. The van der Waals surface area contributed by atoms with Gasteiger partial charge in [0.05, 0.1) is 0 Å². The molecule has 2 nitrogen and oxygen atoms in total. The minimum Gasteiger partial charge on any atom is -0.307 e. The molecule has 0 aliphatic heterocycles. The van der Waals surface area contributed by atoms with Crippen molar-refractivity contribution in [2.45, 2.75) is 6.92 Å². The molecule has 0 bridgehead atoms. The number of fused-ring (bicyclic) bond motifs is 1. The first-order valence-corrected chi connectivity index (χ1v) is 4.15. The Labute approximate surface area is 73.0 Å². The zero-order chi connectivity index (χ0) is 7.84. The van der Waals surface area contributed by atoms with Gasteiger partial charge < -0.3 is 4.40 Å². The van der Waals surface area contributed by atoms with E-state index < -0.39 is 0 Å². The van der Waals surface area contributed by atoms with Crippen molar-refractivity contribution in [3.8, 4) is 0 Å². The number of pyridine rings is 1. The molecule has 2 heterocycles. The Hall–Kier alpha value is -0.830. The van der Waals surface area contributed by atoms with Crippen molar-refractivity contribution in [3.63, 3.8) is 0 Å². The van der Waals surface area contributed by atoms with E-state index in [0.717, 1.165) is 10.1 Å². The van der Waals surface area contributed by atoms with Crippen molar-refractivity contribution in [2.75, 3.05) is 0 Å². The zero-order valence-corrected chi connectivity index (χ0v) is 7.67. The van der Waals surface area contributed by atoms with Gasteiger partial charge in [0, 0.05) is 23.1 Å². The van der Waals surface area contributed by atoms with Crippen LogP contribution in [0, 0.1) is 6.92 Å². The number of halogens is 1. The van der Waals surface area contributed by atoms with Gasteiger partial charge in [0.25, 0.3) is 0 Å². The first-order chi connectivity index (χ1) is 5.27. The van der Waals surface area contributed by atoms with Gasteiger partial charge in [-0.2, -0.15) is 0 Å². The largest absolute Gasteiger partial charge is 0.307 e. The van der Waals surface area contributed by atoms with E-state index in [9.17, 15) is 0 Å². The summed E-state index contributed by atoms with van der Waals surface area (Å²) in [5.41, 5.74) is 2.19. The third-order valence-electron chi connectivity index (χ3n) is 1.66. The van der Waals surface area contributed by atoms with Gasteiger partial charge in [0.1, 0.15) is 5.65 Å². The van der Waals surface area contributed by atoms with E-state index in [-0.39, 0.29) is 0 Å². The Balaban J connectivity index is 2.86. The summed E-state index contributed by atoms with van der Waals surface area (Å²) >= 11 is 3.45. The third-order valence-corrected chi connectivity index (χ3v) is 2.52. The summed E-state index contributed by atoms with van der Waals surface area (Å²) < 4.78 is 3.11. The van der Waals surface area contributed by atoms with Crippen LogP contribution >= 0.6 is 15.9 Å². The molecule has 0 aliphatic carbocycles. The Morgan fingerprint density at radius 1 is 1.55 bits per heavy atom. The van der Waals surface area contributed by atoms with E-state index in [1.54, 1.807) is 6.20 Å². The van der Waals surface area contributed by atoms with Gasteiger partial charge in [0.15, 0.2) is 0 Å². The highest BCUT2D eigenvalue weighted by Gasteiger charge is 1.97. The highest BCUT2D eigenvalue weighted by molar-refractivity contribution is 9.10. The summed E-state index contributed by atoms with van der Waals surface area (Å²) in [5, 5.41) is 0. The van der Waals surface area contributed by atoms with Crippen LogP contribution in [0.3, 0.4) is 0 Å². The number of aromatic nitrogens is 2. The van der Waals surface area contributed by atoms with Crippen LogP contribution in [-0.4, -0.2) is 9.38 Å². The van der Waals surface area contributed by atoms with Crippen LogP contribution in [0.2, 0.25) is 0 Å². The highest BCUT2D eigenvalue weighted by Crippen LogP contribution is 2.16. The van der Waals surface area contributed by atoms with Gasteiger partial charge in [-0.25, -0.2) is 4.98 Å². The lowest BCUT2D eigenvalue weighted by atomic mass is 10.3. The van der Waals surface area contributed by atoms with Crippen molar-refractivity contribution in [2.24, 2.45) is 0 Å². The van der Waals surface area contributed by atoms with Gasteiger partial charge in [-0.1, -0.05) is 15.9 Å². The number of imidazole rings is 1. The summed E-state index contributed by atoms with van der Waals surface area (Å²) in [6.45, 7) is 2.06.